The van der Waals surface area contributed by atoms with Crippen molar-refractivity contribution in [2.45, 2.75) is 38.8 Å². The van der Waals surface area contributed by atoms with E-state index in [0.29, 0.717) is 25.1 Å². The molecule has 94 valence electrons. The number of hydrogen-bond donors (Lipinski definition) is 1. The standard InChI is InChI=1S/C14H20FNO/c1-10(2)11-5-3-6-12(9-11)17-14-13(15)7-4-8-16-14/h4-5,11,13,16H,1,3,6-9H2,2H3. The molecule has 1 heterocycles. The Morgan fingerprint density at radius 2 is 2.41 bits per heavy atom. The average molecular weight is 237 g/mol. The first kappa shape index (κ1) is 13.0. The summed E-state index contributed by atoms with van der Waals surface area (Å²) in [5.41, 5.74) is 1.15. The molecule has 0 amide bonds. The Kier molecular flexibility index (Phi) is 4.57. The van der Waals surface area contributed by atoms with Crippen LogP contribution in [0.1, 0.15) is 32.6 Å². The lowest BCUT2D eigenvalue weighted by Gasteiger charge is -2.33. The molecule has 2 aliphatic rings. The molecule has 0 aromatic heterocycles. The smallest absolute Gasteiger partial charge is 0.197 e. The highest BCUT2D eigenvalue weighted by atomic mass is 19.1. The van der Waals surface area contributed by atoms with E-state index in [1.54, 1.807) is 0 Å². The van der Waals surface area contributed by atoms with Gasteiger partial charge in [0.15, 0.2) is 6.23 Å². The first-order valence-corrected chi connectivity index (χ1v) is 6.24. The van der Waals surface area contributed by atoms with Crippen molar-refractivity contribution in [1.82, 2.24) is 5.32 Å². The van der Waals surface area contributed by atoms with E-state index in [2.05, 4.69) is 18.3 Å². The second-order valence-corrected chi connectivity index (χ2v) is 4.81. The molecule has 3 heteroatoms. The van der Waals surface area contributed by atoms with Gasteiger partial charge in [-0.1, -0.05) is 12.2 Å². The van der Waals surface area contributed by atoms with Gasteiger partial charge in [0.05, 0.1) is 0 Å². The van der Waals surface area contributed by atoms with Crippen LogP contribution in [0, 0.1) is 31.1 Å². The molecule has 0 spiro atoms. The van der Waals surface area contributed by atoms with Crippen LogP contribution in [0.2, 0.25) is 0 Å². The molecular formula is C14H20FNO. The first-order valence-electron chi connectivity index (χ1n) is 6.24. The van der Waals surface area contributed by atoms with Gasteiger partial charge in [-0.05, 0) is 51.4 Å². The van der Waals surface area contributed by atoms with Crippen molar-refractivity contribution in [2.24, 2.45) is 5.92 Å². The van der Waals surface area contributed by atoms with Gasteiger partial charge in [0, 0.05) is 6.54 Å². The molecule has 1 saturated heterocycles. The van der Waals surface area contributed by atoms with Crippen molar-refractivity contribution in [2.75, 3.05) is 6.54 Å². The van der Waals surface area contributed by atoms with Crippen LogP contribution >= 0.6 is 0 Å². The van der Waals surface area contributed by atoms with Gasteiger partial charge >= 0.3 is 0 Å². The van der Waals surface area contributed by atoms with Crippen molar-refractivity contribution in [3.63, 3.8) is 0 Å². The lowest BCUT2D eigenvalue weighted by molar-refractivity contribution is 0.0453. The zero-order valence-electron chi connectivity index (χ0n) is 10.3. The topological polar surface area (TPSA) is 21.3 Å². The Morgan fingerprint density at radius 3 is 3.12 bits per heavy atom. The lowest BCUT2D eigenvalue weighted by Crippen LogP contribution is -2.39. The monoisotopic (exact) mass is 237 g/mol. The number of hydrogen-bond acceptors (Lipinski definition) is 2. The Hall–Kier alpha value is -0.410. The van der Waals surface area contributed by atoms with Gasteiger partial charge in [0.2, 0.25) is 0 Å². The number of rotatable bonds is 3. The van der Waals surface area contributed by atoms with Gasteiger partial charge in [0.1, 0.15) is 12.3 Å². The molecule has 4 radical (unpaired) electrons. The Balaban J connectivity index is 1.83. The number of allylic oxidation sites excluding steroid dienone is 1. The summed E-state index contributed by atoms with van der Waals surface area (Å²) in [5.74, 6) is 0.382. The van der Waals surface area contributed by atoms with Gasteiger partial charge in [0.25, 0.3) is 0 Å². The minimum absolute atomic E-state index is 0.382. The molecule has 1 aliphatic carbocycles. The van der Waals surface area contributed by atoms with Crippen LogP contribution in [-0.4, -0.2) is 12.7 Å². The average Bonchev–Trinajstić information content (AvgIpc) is 2.32. The van der Waals surface area contributed by atoms with Crippen molar-refractivity contribution < 1.29 is 9.13 Å². The van der Waals surface area contributed by atoms with E-state index >= 15 is 0 Å². The third-order valence-electron chi connectivity index (χ3n) is 3.29. The lowest BCUT2D eigenvalue weighted by atomic mass is 9.83. The zero-order valence-corrected chi connectivity index (χ0v) is 10.3. The summed E-state index contributed by atoms with van der Waals surface area (Å²) >= 11 is 0. The number of alkyl halides is 1. The second-order valence-electron chi connectivity index (χ2n) is 4.81. The number of piperidine rings is 1. The molecule has 1 saturated carbocycles. The molecule has 0 aromatic carbocycles. The molecule has 2 nitrogen and oxygen atoms in total. The minimum Gasteiger partial charge on any atom is -0.343 e. The summed E-state index contributed by atoms with van der Waals surface area (Å²) in [5, 5.41) is 2.97. The fraction of sp³-hybridized carbons (Fsp3) is 0.571. The highest BCUT2D eigenvalue weighted by Gasteiger charge is 2.32. The predicted molar refractivity (Wildman–Crippen MR) is 65.8 cm³/mol. The number of ether oxygens (including phenoxy) is 1. The van der Waals surface area contributed by atoms with Crippen LogP contribution in [0.3, 0.4) is 0 Å². The highest BCUT2D eigenvalue weighted by molar-refractivity contribution is 5.11. The summed E-state index contributed by atoms with van der Waals surface area (Å²) in [6.07, 6.45) is 7.71. The molecule has 2 fully saturated rings. The van der Waals surface area contributed by atoms with Crippen molar-refractivity contribution in [3.8, 4) is 0 Å². The molecule has 2 atom stereocenters. The molecule has 0 aromatic rings. The molecular weight excluding hydrogens is 217 g/mol. The van der Waals surface area contributed by atoms with Crippen molar-refractivity contribution >= 4 is 0 Å². The number of nitrogens with one attached hydrogen (secondary N) is 1. The van der Waals surface area contributed by atoms with Crippen molar-refractivity contribution in [3.05, 3.63) is 37.3 Å². The fourth-order valence-corrected chi connectivity index (χ4v) is 2.22. The van der Waals surface area contributed by atoms with Crippen LogP contribution < -0.4 is 5.32 Å². The van der Waals surface area contributed by atoms with Crippen LogP contribution in [0.5, 0.6) is 0 Å². The maximum Gasteiger partial charge on any atom is 0.197 e. The van der Waals surface area contributed by atoms with E-state index in [-0.39, 0.29) is 0 Å². The van der Waals surface area contributed by atoms with Gasteiger partial charge in [-0.15, -0.1) is 0 Å². The van der Waals surface area contributed by atoms with E-state index in [9.17, 15) is 4.39 Å². The summed E-state index contributed by atoms with van der Waals surface area (Å²) < 4.78 is 19.3. The molecule has 2 rings (SSSR count). The van der Waals surface area contributed by atoms with Gasteiger partial charge < -0.3 is 4.74 Å². The van der Waals surface area contributed by atoms with E-state index in [4.69, 9.17) is 4.74 Å². The molecule has 1 aliphatic heterocycles. The van der Waals surface area contributed by atoms with Crippen LogP contribution in [0.4, 0.5) is 4.39 Å². The fourth-order valence-electron chi connectivity index (χ4n) is 2.22. The van der Waals surface area contributed by atoms with Crippen molar-refractivity contribution in [1.29, 1.82) is 0 Å². The molecule has 1 N–H and O–H groups in total. The largest absolute Gasteiger partial charge is 0.343 e. The maximum atomic E-state index is 13.6. The van der Waals surface area contributed by atoms with E-state index in [1.807, 2.05) is 13.3 Å². The summed E-state index contributed by atoms with van der Waals surface area (Å²) in [6.45, 7) is 6.70. The highest BCUT2D eigenvalue weighted by Crippen LogP contribution is 2.36. The molecule has 0 bridgehead atoms. The SMILES string of the molecule is C=C(C)C1[CH]CC[C](O[C]2NC[CH]CC2F)C1. The van der Waals surface area contributed by atoms with Gasteiger partial charge in [-0.2, -0.15) is 0 Å². The molecule has 2 unspecified atom stereocenters. The summed E-state index contributed by atoms with van der Waals surface area (Å²) in [7, 11) is 0. The van der Waals surface area contributed by atoms with Crippen LogP contribution in [0.25, 0.3) is 0 Å². The summed E-state index contributed by atoms with van der Waals surface area (Å²) in [6, 6.07) is 0. The van der Waals surface area contributed by atoms with E-state index in [1.165, 1.54) is 0 Å². The summed E-state index contributed by atoms with van der Waals surface area (Å²) in [4.78, 5) is 0. The van der Waals surface area contributed by atoms with Crippen LogP contribution in [-0.2, 0) is 4.74 Å². The maximum absolute atomic E-state index is 13.6. The third kappa shape index (κ3) is 3.52. The van der Waals surface area contributed by atoms with Gasteiger partial charge in [-0.3, -0.25) is 5.32 Å². The Morgan fingerprint density at radius 1 is 1.59 bits per heavy atom. The Labute approximate surface area is 104 Å². The minimum atomic E-state index is -1.01. The zero-order chi connectivity index (χ0) is 12.3. The quantitative estimate of drug-likeness (QED) is 0.761. The second kappa shape index (κ2) is 5.96. The third-order valence-corrected chi connectivity index (χ3v) is 3.29. The first-order chi connectivity index (χ1) is 8.16. The normalized spacial score (nSPS) is 32.6. The number of halogens is 1. The Bertz CT molecular complexity index is 269. The van der Waals surface area contributed by atoms with Crippen LogP contribution in [0.15, 0.2) is 12.2 Å². The van der Waals surface area contributed by atoms with Gasteiger partial charge in [-0.25, -0.2) is 4.39 Å². The van der Waals surface area contributed by atoms with E-state index in [0.717, 1.165) is 30.9 Å². The molecule has 17 heavy (non-hydrogen) atoms. The predicted octanol–water partition coefficient (Wildman–Crippen LogP) is 3.14. The van der Waals surface area contributed by atoms with E-state index < -0.39 is 6.17 Å².